The zero-order valence-corrected chi connectivity index (χ0v) is 12.5. The van der Waals surface area contributed by atoms with Gasteiger partial charge in [-0.1, -0.05) is 54.6 Å². The molecular weight excluding hydrogens is 288 g/mol. The Bertz CT molecular complexity index is 775. The van der Waals surface area contributed by atoms with Crippen LogP contribution in [0.3, 0.4) is 0 Å². The zero-order chi connectivity index (χ0) is 16.1. The van der Waals surface area contributed by atoms with Gasteiger partial charge in [-0.25, -0.2) is 4.79 Å². The molecule has 0 aromatic heterocycles. The van der Waals surface area contributed by atoms with Gasteiger partial charge in [0.25, 0.3) is 0 Å². The monoisotopic (exact) mass is 304 g/mol. The summed E-state index contributed by atoms with van der Waals surface area (Å²) in [5, 5.41) is 9.21. The van der Waals surface area contributed by atoms with Crippen LogP contribution in [0.4, 0.5) is 0 Å². The average molecular weight is 304 g/mol. The van der Waals surface area contributed by atoms with Crippen LogP contribution in [0.1, 0.15) is 15.9 Å². The summed E-state index contributed by atoms with van der Waals surface area (Å²) in [6.45, 7) is 0.217. The second kappa shape index (κ2) is 6.79. The van der Waals surface area contributed by atoms with E-state index in [2.05, 4.69) is 12.1 Å². The molecule has 0 heterocycles. The van der Waals surface area contributed by atoms with Crippen LogP contribution in [-0.2, 0) is 11.3 Å². The lowest BCUT2D eigenvalue weighted by Crippen LogP contribution is -2.04. The lowest BCUT2D eigenvalue weighted by atomic mass is 10.0. The number of ether oxygens (including phenoxy) is 1. The highest BCUT2D eigenvalue weighted by atomic mass is 16.5. The fraction of sp³-hybridized carbons (Fsp3) is 0.0500. The summed E-state index contributed by atoms with van der Waals surface area (Å²) >= 11 is 0. The summed E-state index contributed by atoms with van der Waals surface area (Å²) in [6.07, 6.45) is 0. The lowest BCUT2D eigenvalue weighted by molar-refractivity contribution is 0.0472. The Kier molecular flexibility index (Phi) is 4.39. The van der Waals surface area contributed by atoms with Gasteiger partial charge in [-0.2, -0.15) is 0 Å². The number of carbonyl (C=O) groups is 1. The molecule has 0 aliphatic rings. The minimum absolute atomic E-state index is 0.123. The minimum atomic E-state index is -0.405. The van der Waals surface area contributed by atoms with E-state index in [0.717, 1.165) is 16.7 Å². The summed E-state index contributed by atoms with van der Waals surface area (Å²) in [5.74, 6) is -0.282. The average Bonchev–Trinajstić information content (AvgIpc) is 2.61. The van der Waals surface area contributed by atoms with Gasteiger partial charge in [-0.15, -0.1) is 0 Å². The molecule has 0 spiro atoms. The first kappa shape index (κ1) is 14.9. The molecule has 0 bridgehead atoms. The number of benzene rings is 3. The van der Waals surface area contributed by atoms with Crippen molar-refractivity contribution in [2.45, 2.75) is 6.61 Å². The standard InChI is InChI=1S/C20H16O3/c21-19-12-10-18(11-13-19)20(22)23-14-15-6-8-17(9-7-15)16-4-2-1-3-5-16/h1-13,21H,14H2. The molecule has 1 N–H and O–H groups in total. The molecule has 23 heavy (non-hydrogen) atoms. The van der Waals surface area contributed by atoms with Crippen molar-refractivity contribution in [1.82, 2.24) is 0 Å². The van der Waals surface area contributed by atoms with E-state index < -0.39 is 5.97 Å². The lowest BCUT2D eigenvalue weighted by Gasteiger charge is -2.07. The molecule has 0 atom stereocenters. The number of hydrogen-bond acceptors (Lipinski definition) is 3. The van der Waals surface area contributed by atoms with Gasteiger partial charge < -0.3 is 9.84 Å². The maximum absolute atomic E-state index is 11.9. The van der Waals surface area contributed by atoms with Gasteiger partial charge in [-0.05, 0) is 41.0 Å². The first-order valence-electron chi connectivity index (χ1n) is 7.33. The van der Waals surface area contributed by atoms with Crippen LogP contribution in [0, 0.1) is 0 Å². The van der Waals surface area contributed by atoms with Gasteiger partial charge >= 0.3 is 5.97 Å². The number of rotatable bonds is 4. The Labute approximate surface area is 134 Å². The van der Waals surface area contributed by atoms with Crippen molar-refractivity contribution in [1.29, 1.82) is 0 Å². The van der Waals surface area contributed by atoms with Gasteiger partial charge in [0.15, 0.2) is 0 Å². The topological polar surface area (TPSA) is 46.5 Å². The number of carbonyl (C=O) groups excluding carboxylic acids is 1. The number of hydrogen-bond donors (Lipinski definition) is 1. The molecule has 0 unspecified atom stereocenters. The molecule has 3 rings (SSSR count). The number of phenols is 1. The Hall–Kier alpha value is -3.07. The number of aromatic hydroxyl groups is 1. The predicted molar refractivity (Wildman–Crippen MR) is 89.1 cm³/mol. The highest BCUT2D eigenvalue weighted by Crippen LogP contribution is 2.19. The van der Waals surface area contributed by atoms with Gasteiger partial charge in [0.2, 0.25) is 0 Å². The van der Waals surface area contributed by atoms with Crippen molar-refractivity contribution in [2.24, 2.45) is 0 Å². The largest absolute Gasteiger partial charge is 0.508 e. The van der Waals surface area contributed by atoms with E-state index in [1.165, 1.54) is 24.3 Å². The maximum atomic E-state index is 11.9. The van der Waals surface area contributed by atoms with Crippen LogP contribution in [-0.4, -0.2) is 11.1 Å². The second-order valence-corrected chi connectivity index (χ2v) is 5.19. The van der Waals surface area contributed by atoms with Crippen LogP contribution >= 0.6 is 0 Å². The zero-order valence-electron chi connectivity index (χ0n) is 12.5. The van der Waals surface area contributed by atoms with Crippen molar-refractivity contribution >= 4 is 5.97 Å². The molecule has 0 saturated carbocycles. The van der Waals surface area contributed by atoms with Gasteiger partial charge in [0.1, 0.15) is 12.4 Å². The normalized spacial score (nSPS) is 10.3. The molecule has 3 heteroatoms. The fourth-order valence-corrected chi connectivity index (χ4v) is 2.25. The third-order valence-electron chi connectivity index (χ3n) is 3.53. The third kappa shape index (κ3) is 3.77. The molecular formula is C20H16O3. The van der Waals surface area contributed by atoms with Crippen molar-refractivity contribution in [3.05, 3.63) is 90.0 Å². The van der Waals surface area contributed by atoms with E-state index in [1.807, 2.05) is 42.5 Å². The van der Waals surface area contributed by atoms with Gasteiger partial charge in [0.05, 0.1) is 5.56 Å². The van der Waals surface area contributed by atoms with Crippen LogP contribution in [0.25, 0.3) is 11.1 Å². The third-order valence-corrected chi connectivity index (χ3v) is 3.53. The van der Waals surface area contributed by atoms with Crippen molar-refractivity contribution < 1.29 is 14.6 Å². The van der Waals surface area contributed by atoms with Crippen LogP contribution < -0.4 is 0 Å². The Morgan fingerprint density at radius 2 is 1.39 bits per heavy atom. The van der Waals surface area contributed by atoms with Gasteiger partial charge in [0, 0.05) is 0 Å². The first-order chi connectivity index (χ1) is 11.2. The summed E-state index contributed by atoms with van der Waals surface area (Å²) in [6, 6.07) is 24.0. The second-order valence-electron chi connectivity index (χ2n) is 5.19. The smallest absolute Gasteiger partial charge is 0.338 e. The van der Waals surface area contributed by atoms with Gasteiger partial charge in [-0.3, -0.25) is 0 Å². The highest BCUT2D eigenvalue weighted by molar-refractivity contribution is 5.89. The van der Waals surface area contributed by atoms with Crippen LogP contribution in [0.2, 0.25) is 0 Å². The van der Waals surface area contributed by atoms with E-state index in [1.54, 1.807) is 0 Å². The number of esters is 1. The molecule has 0 fully saturated rings. The molecule has 114 valence electrons. The van der Waals surface area contributed by atoms with E-state index >= 15 is 0 Å². The Morgan fingerprint density at radius 3 is 2.04 bits per heavy atom. The summed E-state index contributed by atoms with van der Waals surface area (Å²) in [5.41, 5.74) is 3.62. The van der Waals surface area contributed by atoms with E-state index in [-0.39, 0.29) is 12.4 Å². The molecule has 3 aromatic rings. The van der Waals surface area contributed by atoms with E-state index in [4.69, 9.17) is 4.74 Å². The highest BCUT2D eigenvalue weighted by Gasteiger charge is 2.07. The predicted octanol–water partition coefficient (Wildman–Crippen LogP) is 4.42. The molecule has 0 aliphatic carbocycles. The van der Waals surface area contributed by atoms with Crippen LogP contribution in [0.5, 0.6) is 5.75 Å². The quantitative estimate of drug-likeness (QED) is 0.726. The number of phenolic OH excluding ortho intramolecular Hbond substituents is 1. The molecule has 0 aliphatic heterocycles. The summed E-state index contributed by atoms with van der Waals surface area (Å²) in [7, 11) is 0. The van der Waals surface area contributed by atoms with E-state index in [9.17, 15) is 9.90 Å². The Balaban J connectivity index is 1.62. The van der Waals surface area contributed by atoms with Crippen molar-refractivity contribution in [3.8, 4) is 16.9 Å². The maximum Gasteiger partial charge on any atom is 0.338 e. The summed E-state index contributed by atoms with van der Waals surface area (Å²) < 4.78 is 5.28. The minimum Gasteiger partial charge on any atom is -0.508 e. The molecule has 3 aromatic carbocycles. The first-order valence-corrected chi connectivity index (χ1v) is 7.33. The van der Waals surface area contributed by atoms with Crippen LogP contribution in [0.15, 0.2) is 78.9 Å². The molecule has 0 saturated heterocycles. The van der Waals surface area contributed by atoms with E-state index in [0.29, 0.717) is 5.56 Å². The molecule has 0 amide bonds. The Morgan fingerprint density at radius 1 is 0.783 bits per heavy atom. The SMILES string of the molecule is O=C(OCc1ccc(-c2ccccc2)cc1)c1ccc(O)cc1. The fourth-order valence-electron chi connectivity index (χ4n) is 2.25. The molecule has 0 radical (unpaired) electrons. The summed E-state index contributed by atoms with van der Waals surface area (Å²) in [4.78, 5) is 11.9. The molecule has 3 nitrogen and oxygen atoms in total. The van der Waals surface area contributed by atoms with Crippen molar-refractivity contribution in [2.75, 3.05) is 0 Å². The van der Waals surface area contributed by atoms with Crippen molar-refractivity contribution in [3.63, 3.8) is 0 Å².